The molecule has 24 heavy (non-hydrogen) atoms. The normalized spacial score (nSPS) is 11.1. The van der Waals surface area contributed by atoms with Crippen molar-refractivity contribution in [2.24, 2.45) is 4.99 Å². The maximum absolute atomic E-state index is 12.9. The summed E-state index contributed by atoms with van der Waals surface area (Å²) < 4.78 is 12.9. The van der Waals surface area contributed by atoms with Gasteiger partial charge in [0.05, 0.1) is 17.2 Å². The molecule has 0 saturated carbocycles. The molecule has 0 spiro atoms. The molecule has 0 fully saturated rings. The van der Waals surface area contributed by atoms with E-state index < -0.39 is 0 Å². The first kappa shape index (κ1) is 20.8. The lowest BCUT2D eigenvalue weighted by Gasteiger charge is -2.11. The third-order valence-corrected chi connectivity index (χ3v) is 4.45. The zero-order valence-corrected chi connectivity index (χ0v) is 17.4. The maximum atomic E-state index is 12.9. The number of nitrogens with zero attached hydrogens (tertiary/aromatic N) is 2. The Morgan fingerprint density at radius 3 is 2.50 bits per heavy atom. The Balaban J connectivity index is 0.00000288. The number of guanidine groups is 1. The number of hydrogen-bond acceptors (Lipinski definition) is 3. The minimum Gasteiger partial charge on any atom is -0.357 e. The topological polar surface area (TPSA) is 49.3 Å². The molecule has 0 saturated heterocycles. The van der Waals surface area contributed by atoms with Crippen LogP contribution in [0.15, 0.2) is 29.3 Å². The van der Waals surface area contributed by atoms with Gasteiger partial charge in [-0.25, -0.2) is 14.4 Å². The number of thiazole rings is 1. The van der Waals surface area contributed by atoms with E-state index >= 15 is 0 Å². The van der Waals surface area contributed by atoms with Crippen LogP contribution in [0.4, 0.5) is 4.39 Å². The molecule has 0 radical (unpaired) electrons. The molecule has 7 heteroatoms. The first-order valence-corrected chi connectivity index (χ1v) is 8.59. The summed E-state index contributed by atoms with van der Waals surface area (Å²) in [6, 6.07) is 6.43. The summed E-state index contributed by atoms with van der Waals surface area (Å²) in [5, 5.41) is 7.66. The van der Waals surface area contributed by atoms with Crippen molar-refractivity contribution in [3.05, 3.63) is 51.2 Å². The van der Waals surface area contributed by atoms with E-state index in [1.807, 2.05) is 20.8 Å². The molecule has 1 aromatic heterocycles. The van der Waals surface area contributed by atoms with E-state index in [4.69, 9.17) is 0 Å². The van der Waals surface area contributed by atoms with Gasteiger partial charge in [-0.2, -0.15) is 0 Å². The average Bonchev–Trinajstić information content (AvgIpc) is 2.84. The lowest BCUT2D eigenvalue weighted by atomic mass is 10.2. The van der Waals surface area contributed by atoms with Crippen molar-refractivity contribution in [1.29, 1.82) is 0 Å². The monoisotopic (exact) mass is 462 g/mol. The van der Waals surface area contributed by atoms with Crippen molar-refractivity contribution >= 4 is 41.3 Å². The van der Waals surface area contributed by atoms with Crippen LogP contribution >= 0.6 is 35.3 Å². The Kier molecular flexibility index (Phi) is 9.20. The van der Waals surface area contributed by atoms with Crippen LogP contribution in [-0.4, -0.2) is 24.0 Å². The highest BCUT2D eigenvalue weighted by molar-refractivity contribution is 14.0. The third kappa shape index (κ3) is 6.72. The molecule has 2 N–H and O–H groups in total. The number of hydrogen-bond donors (Lipinski definition) is 2. The van der Waals surface area contributed by atoms with Gasteiger partial charge in [-0.3, -0.25) is 0 Å². The standard InChI is InChI=1S/C17H23FN4S.HI/c1-4-19-17(21-11-14-5-7-15(18)8-6-14)20-10-9-16-12(2)22-13(3)23-16;/h5-8H,4,9-11H2,1-3H3,(H2,19,20,21);1H. The van der Waals surface area contributed by atoms with Crippen molar-refractivity contribution in [3.63, 3.8) is 0 Å². The molecule has 1 heterocycles. The fraction of sp³-hybridized carbons (Fsp3) is 0.412. The molecule has 0 bridgehead atoms. The van der Waals surface area contributed by atoms with Crippen LogP contribution < -0.4 is 10.6 Å². The molecule has 2 aromatic rings. The average molecular weight is 462 g/mol. The zero-order valence-electron chi connectivity index (χ0n) is 14.2. The zero-order chi connectivity index (χ0) is 16.7. The molecular formula is C17H24FIN4S. The van der Waals surface area contributed by atoms with Crippen LogP contribution in [0.25, 0.3) is 0 Å². The highest BCUT2D eigenvalue weighted by atomic mass is 127. The number of nitrogens with one attached hydrogen (secondary N) is 2. The van der Waals surface area contributed by atoms with Crippen LogP contribution in [0, 0.1) is 19.7 Å². The highest BCUT2D eigenvalue weighted by Gasteiger charge is 2.05. The summed E-state index contributed by atoms with van der Waals surface area (Å²) in [4.78, 5) is 10.3. The minimum atomic E-state index is -0.224. The third-order valence-electron chi connectivity index (χ3n) is 3.32. The van der Waals surface area contributed by atoms with Gasteiger partial charge in [0.1, 0.15) is 5.82 Å². The van der Waals surface area contributed by atoms with Crippen molar-refractivity contribution in [2.75, 3.05) is 13.1 Å². The minimum absolute atomic E-state index is 0. The number of benzene rings is 1. The molecule has 1 aromatic carbocycles. The molecule has 0 aliphatic rings. The summed E-state index contributed by atoms with van der Waals surface area (Å²) >= 11 is 1.74. The molecule has 0 amide bonds. The van der Waals surface area contributed by atoms with Crippen molar-refractivity contribution in [2.45, 2.75) is 33.7 Å². The summed E-state index contributed by atoms with van der Waals surface area (Å²) in [5.41, 5.74) is 2.10. The molecule has 4 nitrogen and oxygen atoms in total. The van der Waals surface area contributed by atoms with Crippen LogP contribution in [0.5, 0.6) is 0 Å². The summed E-state index contributed by atoms with van der Waals surface area (Å²) in [6.07, 6.45) is 0.929. The fourth-order valence-corrected chi connectivity index (χ4v) is 3.14. The summed E-state index contributed by atoms with van der Waals surface area (Å²) in [5.74, 6) is 0.550. The SMILES string of the molecule is CCNC(=NCc1ccc(F)cc1)NCCc1sc(C)nc1C.I. The van der Waals surface area contributed by atoms with Crippen LogP contribution in [-0.2, 0) is 13.0 Å². The number of rotatable bonds is 6. The van der Waals surface area contributed by atoms with E-state index in [1.165, 1.54) is 17.0 Å². The van der Waals surface area contributed by atoms with E-state index in [2.05, 4.69) is 20.6 Å². The van der Waals surface area contributed by atoms with E-state index in [-0.39, 0.29) is 29.8 Å². The van der Waals surface area contributed by atoms with E-state index in [9.17, 15) is 4.39 Å². The first-order valence-electron chi connectivity index (χ1n) is 7.78. The second-order valence-electron chi connectivity index (χ2n) is 5.24. The van der Waals surface area contributed by atoms with E-state index in [1.54, 1.807) is 23.5 Å². The van der Waals surface area contributed by atoms with E-state index in [0.717, 1.165) is 41.7 Å². The predicted molar refractivity (Wildman–Crippen MR) is 110 cm³/mol. The quantitative estimate of drug-likeness (QED) is 0.390. The van der Waals surface area contributed by atoms with Crippen LogP contribution in [0.3, 0.4) is 0 Å². The Hall–Kier alpha value is -1.22. The second-order valence-corrected chi connectivity index (χ2v) is 6.53. The lowest BCUT2D eigenvalue weighted by Crippen LogP contribution is -2.38. The van der Waals surface area contributed by atoms with Crippen molar-refractivity contribution in [3.8, 4) is 0 Å². The molecule has 132 valence electrons. The number of halogens is 2. The van der Waals surface area contributed by atoms with Crippen LogP contribution in [0.1, 0.15) is 28.1 Å². The number of aryl methyl sites for hydroxylation is 2. The number of aromatic nitrogens is 1. The van der Waals surface area contributed by atoms with Gasteiger partial charge in [0.2, 0.25) is 0 Å². The van der Waals surface area contributed by atoms with Gasteiger partial charge < -0.3 is 10.6 Å². The first-order chi connectivity index (χ1) is 11.1. The molecule has 0 aliphatic carbocycles. The molecule has 0 atom stereocenters. The predicted octanol–water partition coefficient (Wildman–Crippen LogP) is 3.81. The maximum Gasteiger partial charge on any atom is 0.191 e. The Morgan fingerprint density at radius 1 is 1.21 bits per heavy atom. The van der Waals surface area contributed by atoms with E-state index in [0.29, 0.717) is 6.54 Å². The van der Waals surface area contributed by atoms with Gasteiger partial charge >= 0.3 is 0 Å². The molecule has 0 unspecified atom stereocenters. The van der Waals surface area contributed by atoms with Gasteiger partial charge in [-0.1, -0.05) is 12.1 Å². The Bertz CT molecular complexity index is 655. The van der Waals surface area contributed by atoms with Gasteiger partial charge in [-0.15, -0.1) is 35.3 Å². The molecule has 0 aliphatic heterocycles. The largest absolute Gasteiger partial charge is 0.357 e. The summed E-state index contributed by atoms with van der Waals surface area (Å²) in [7, 11) is 0. The van der Waals surface area contributed by atoms with Gasteiger partial charge in [0, 0.05) is 24.4 Å². The fourth-order valence-electron chi connectivity index (χ4n) is 2.20. The molecular weight excluding hydrogens is 438 g/mol. The second kappa shape index (κ2) is 10.6. The van der Waals surface area contributed by atoms with Crippen molar-refractivity contribution in [1.82, 2.24) is 15.6 Å². The van der Waals surface area contributed by atoms with Gasteiger partial charge in [-0.05, 0) is 38.5 Å². The summed E-state index contributed by atoms with van der Waals surface area (Å²) in [6.45, 7) is 8.24. The van der Waals surface area contributed by atoms with Gasteiger partial charge in [0.25, 0.3) is 0 Å². The van der Waals surface area contributed by atoms with Gasteiger partial charge in [0.15, 0.2) is 5.96 Å². The molecule has 2 rings (SSSR count). The Morgan fingerprint density at radius 2 is 1.92 bits per heavy atom. The smallest absolute Gasteiger partial charge is 0.191 e. The van der Waals surface area contributed by atoms with Crippen molar-refractivity contribution < 1.29 is 4.39 Å². The number of aliphatic imine (C=N–C) groups is 1. The lowest BCUT2D eigenvalue weighted by molar-refractivity contribution is 0.627. The van der Waals surface area contributed by atoms with Crippen LogP contribution in [0.2, 0.25) is 0 Å². The Labute approximate surface area is 164 Å². The highest BCUT2D eigenvalue weighted by Crippen LogP contribution is 2.17.